The molecular weight excluding hydrogens is 690 g/mol. The van der Waals surface area contributed by atoms with Crippen molar-refractivity contribution in [3.05, 3.63) is 132 Å². The van der Waals surface area contributed by atoms with E-state index in [1.54, 1.807) is 0 Å². The second-order valence-electron chi connectivity index (χ2n) is 8.44. The number of benzene rings is 4. The molecule has 1 atom stereocenters. The number of para-hydroxylation sites is 1. The molecule has 36 heavy (non-hydrogen) atoms. The van der Waals surface area contributed by atoms with Crippen LogP contribution in [0.2, 0.25) is 0 Å². The van der Waals surface area contributed by atoms with Crippen LogP contribution in [-0.4, -0.2) is 24.5 Å². The predicted octanol–water partition coefficient (Wildman–Crippen LogP) is 6.90. The number of nitrogens with zero attached hydrogens (tertiary/aromatic N) is 2. The molecule has 1 aliphatic carbocycles. The molecule has 0 spiro atoms. The van der Waals surface area contributed by atoms with E-state index in [0.29, 0.717) is 11.5 Å². The average Bonchev–Trinajstić information content (AvgIpc) is 3.49. The number of aromatic nitrogens is 2. The van der Waals surface area contributed by atoms with Crippen LogP contribution in [0.25, 0.3) is 31.0 Å². The molecule has 0 aliphatic heterocycles. The normalized spacial score (nSPS) is 13.6. The molecule has 3 nitrogen and oxygen atoms in total. The zero-order valence-corrected chi connectivity index (χ0v) is 22.9. The fourth-order valence-corrected chi connectivity index (χ4v) is 6.74. The average molecular weight is 709 g/mol. The summed E-state index contributed by atoms with van der Waals surface area (Å²) in [5.74, 6) is 1.38. The Hall–Kier alpha value is -3.29. The van der Waals surface area contributed by atoms with Gasteiger partial charge in [-0.05, 0) is 6.07 Å². The van der Waals surface area contributed by atoms with E-state index in [4.69, 9.17) is 9.72 Å². The van der Waals surface area contributed by atoms with Crippen LogP contribution in [0.3, 0.4) is 0 Å². The molecule has 1 aliphatic rings. The van der Waals surface area contributed by atoms with Gasteiger partial charge in [0.25, 0.3) is 0 Å². The zero-order valence-electron chi connectivity index (χ0n) is 18.9. The summed E-state index contributed by atoms with van der Waals surface area (Å²) in [5, 5.41) is 0. The third-order valence-corrected chi connectivity index (χ3v) is 8.54. The summed E-state index contributed by atoms with van der Waals surface area (Å²) < 4.78 is 8.67. The second kappa shape index (κ2) is 9.63. The van der Waals surface area contributed by atoms with Gasteiger partial charge in [-0.3, -0.25) is 0 Å². The van der Waals surface area contributed by atoms with E-state index in [9.17, 15) is 0 Å². The van der Waals surface area contributed by atoms with Gasteiger partial charge in [0.2, 0.25) is 0 Å². The molecule has 0 N–H and O–H groups in total. The Labute approximate surface area is 229 Å². The molecule has 0 radical (unpaired) electrons. The van der Waals surface area contributed by atoms with Crippen molar-refractivity contribution in [2.75, 3.05) is 0 Å². The van der Waals surface area contributed by atoms with Crippen molar-refractivity contribution in [3.8, 4) is 32.8 Å². The van der Waals surface area contributed by atoms with Gasteiger partial charge in [0, 0.05) is 0 Å². The van der Waals surface area contributed by atoms with Gasteiger partial charge in [0.05, 0.1) is 0 Å². The molecule has 1 unspecified atom stereocenters. The Morgan fingerprint density at radius 3 is 2.44 bits per heavy atom. The van der Waals surface area contributed by atoms with E-state index < -0.39 is 0 Å². The van der Waals surface area contributed by atoms with Gasteiger partial charge >= 0.3 is 225 Å². The maximum absolute atomic E-state index is 6.28. The third kappa shape index (κ3) is 4.06. The molecule has 0 amide bonds. The number of pyridine rings is 1. The van der Waals surface area contributed by atoms with E-state index in [2.05, 4.69) is 77.8 Å². The standard InChI is InChI=1S/C31H18N2OSe.Pt/c1-2-11-25-23(10-1)24-16-15-22(19-26(24)30(25)28-13-5-6-17-32-28)34-21-9-7-8-20(18-21)31-33-27-12-3-4-14-29(27)35-31;/h1-17,30H;/q-2;+2. The van der Waals surface area contributed by atoms with E-state index in [-0.39, 0.29) is 41.5 Å². The van der Waals surface area contributed by atoms with Crippen LogP contribution in [0.4, 0.5) is 0 Å². The third-order valence-electron chi connectivity index (χ3n) is 6.30. The summed E-state index contributed by atoms with van der Waals surface area (Å²) in [7, 11) is 0. The molecule has 4 aromatic carbocycles. The van der Waals surface area contributed by atoms with Crippen LogP contribution in [0.5, 0.6) is 11.5 Å². The topological polar surface area (TPSA) is 35.0 Å². The van der Waals surface area contributed by atoms with Crippen LogP contribution in [0.15, 0.2) is 103 Å². The van der Waals surface area contributed by atoms with E-state index in [1.807, 2.05) is 42.6 Å². The first-order valence-electron chi connectivity index (χ1n) is 11.5. The summed E-state index contributed by atoms with van der Waals surface area (Å²) in [4.78, 5) is 9.49. The van der Waals surface area contributed by atoms with Crippen molar-refractivity contribution in [3.63, 3.8) is 0 Å². The number of hydrogen-bond donors (Lipinski definition) is 0. The molecule has 2 aromatic heterocycles. The Morgan fingerprint density at radius 1 is 0.722 bits per heavy atom. The first-order chi connectivity index (χ1) is 17.3. The van der Waals surface area contributed by atoms with Crippen molar-refractivity contribution in [1.82, 2.24) is 9.97 Å². The number of fused-ring (bicyclic) bond motifs is 4. The molecule has 6 aromatic rings. The fraction of sp³-hybridized carbons (Fsp3) is 0.0323. The monoisotopic (exact) mass is 709 g/mol. The SMILES string of the molecule is [Pt+2].[c-]1c(Oc2[c-]c3c(cc2)-c2ccccc2C3c2ccccn2)cccc1-c1nc2ccccc2[se]1. The number of ether oxygens (including phenoxy) is 1. The first-order valence-corrected chi connectivity index (χ1v) is 13.2. The van der Waals surface area contributed by atoms with Gasteiger partial charge in [0.1, 0.15) is 0 Å². The summed E-state index contributed by atoms with van der Waals surface area (Å²) in [5.41, 5.74) is 7.83. The van der Waals surface area contributed by atoms with Gasteiger partial charge in [0.15, 0.2) is 0 Å². The van der Waals surface area contributed by atoms with Gasteiger partial charge < -0.3 is 0 Å². The van der Waals surface area contributed by atoms with Crippen LogP contribution in [-0.2, 0) is 21.1 Å². The van der Waals surface area contributed by atoms with E-state index in [1.165, 1.54) is 21.0 Å². The van der Waals surface area contributed by atoms with Crippen molar-refractivity contribution < 1.29 is 25.8 Å². The zero-order chi connectivity index (χ0) is 23.2. The minimum atomic E-state index is 0. The van der Waals surface area contributed by atoms with Crippen molar-refractivity contribution >= 4 is 24.3 Å². The Bertz CT molecular complexity index is 1660. The van der Waals surface area contributed by atoms with Crippen LogP contribution >= 0.6 is 0 Å². The Morgan fingerprint density at radius 2 is 1.56 bits per heavy atom. The summed E-state index contributed by atoms with van der Waals surface area (Å²) in [6.07, 6.45) is 1.85. The maximum atomic E-state index is 6.28. The van der Waals surface area contributed by atoms with Crippen molar-refractivity contribution in [2.24, 2.45) is 0 Å². The van der Waals surface area contributed by atoms with Gasteiger partial charge in [-0.25, -0.2) is 0 Å². The quantitative estimate of drug-likeness (QED) is 0.148. The van der Waals surface area contributed by atoms with Gasteiger partial charge in [-0.2, -0.15) is 0 Å². The van der Waals surface area contributed by atoms with Crippen LogP contribution in [0.1, 0.15) is 22.7 Å². The molecule has 7 rings (SSSR count). The Kier molecular flexibility index (Phi) is 6.19. The number of hydrogen-bond acceptors (Lipinski definition) is 3. The molecule has 2 heterocycles. The molecule has 0 bridgehead atoms. The van der Waals surface area contributed by atoms with Crippen LogP contribution in [0, 0.1) is 12.1 Å². The van der Waals surface area contributed by atoms with E-state index in [0.717, 1.165) is 26.9 Å². The minimum absolute atomic E-state index is 0. The molecule has 0 saturated heterocycles. The number of rotatable bonds is 4. The van der Waals surface area contributed by atoms with Gasteiger partial charge in [-0.1, -0.05) is 0 Å². The molecular formula is C31H18N2OPtSe. The summed E-state index contributed by atoms with van der Waals surface area (Å²) in [6, 6.07) is 40.0. The molecule has 0 saturated carbocycles. The van der Waals surface area contributed by atoms with Crippen molar-refractivity contribution in [2.45, 2.75) is 5.92 Å². The fourth-order valence-electron chi connectivity index (χ4n) is 4.75. The van der Waals surface area contributed by atoms with Gasteiger partial charge in [-0.15, -0.1) is 0 Å². The van der Waals surface area contributed by atoms with Crippen LogP contribution < -0.4 is 4.74 Å². The second-order valence-corrected chi connectivity index (χ2v) is 10.6. The predicted molar refractivity (Wildman–Crippen MR) is 139 cm³/mol. The Balaban J connectivity index is 0.00000240. The molecule has 174 valence electrons. The molecule has 5 heteroatoms. The van der Waals surface area contributed by atoms with Crippen molar-refractivity contribution in [1.29, 1.82) is 0 Å². The molecule has 0 fully saturated rings. The first kappa shape index (κ1) is 23.1. The summed E-state index contributed by atoms with van der Waals surface area (Å²) in [6.45, 7) is 0. The summed E-state index contributed by atoms with van der Waals surface area (Å²) >= 11 is 0.174. The van der Waals surface area contributed by atoms with E-state index >= 15 is 0 Å².